The number of likely N-dealkylation sites (tertiary alicyclic amines) is 1. The van der Waals surface area contributed by atoms with Crippen LogP contribution in [0.5, 0.6) is 0 Å². The highest BCUT2D eigenvalue weighted by Gasteiger charge is 2.34. The summed E-state index contributed by atoms with van der Waals surface area (Å²) >= 11 is 0. The number of hydrogen-bond acceptors (Lipinski definition) is 3. The van der Waals surface area contributed by atoms with Crippen LogP contribution >= 0.6 is 0 Å². The van der Waals surface area contributed by atoms with E-state index in [1.165, 1.54) is 0 Å². The molecule has 0 unspecified atom stereocenters. The Morgan fingerprint density at radius 1 is 1.35 bits per heavy atom. The lowest BCUT2D eigenvalue weighted by atomic mass is 9.98. The highest BCUT2D eigenvalue weighted by Crippen LogP contribution is 2.28. The van der Waals surface area contributed by atoms with Crippen molar-refractivity contribution in [3.8, 4) is 0 Å². The van der Waals surface area contributed by atoms with Gasteiger partial charge in [0.05, 0.1) is 6.10 Å². The molecule has 1 aliphatic carbocycles. The summed E-state index contributed by atoms with van der Waals surface area (Å²) in [5, 5.41) is 12.1. The van der Waals surface area contributed by atoms with Gasteiger partial charge in [0.2, 0.25) is 0 Å². The number of allylic oxidation sites excluding steroid dienone is 1. The lowest BCUT2D eigenvalue weighted by Gasteiger charge is -2.24. The van der Waals surface area contributed by atoms with Gasteiger partial charge in [-0.05, 0) is 38.0 Å². The maximum absolute atomic E-state index is 12.3. The first-order chi connectivity index (χ1) is 11.1. The largest absolute Gasteiger partial charge is 0.480 e. The molecule has 130 valence electrons. The van der Waals surface area contributed by atoms with Crippen molar-refractivity contribution in [1.29, 1.82) is 0 Å². The molecule has 1 aliphatic heterocycles. The quantitative estimate of drug-likeness (QED) is 0.531. The Labute approximate surface area is 137 Å². The van der Waals surface area contributed by atoms with E-state index < -0.39 is 12.0 Å². The van der Waals surface area contributed by atoms with Crippen LogP contribution in [0.3, 0.4) is 0 Å². The molecule has 2 rings (SSSR count). The van der Waals surface area contributed by atoms with E-state index in [9.17, 15) is 14.7 Å². The smallest absolute Gasteiger partial charge is 0.326 e. The number of nitrogens with one attached hydrogen (secondary N) is 1. The highest BCUT2D eigenvalue weighted by molar-refractivity contribution is 5.83. The van der Waals surface area contributed by atoms with Gasteiger partial charge >= 0.3 is 12.0 Å². The zero-order chi connectivity index (χ0) is 16.7. The molecule has 0 spiro atoms. The summed E-state index contributed by atoms with van der Waals surface area (Å²) in [6.07, 6.45) is 8.46. The first-order valence-corrected chi connectivity index (χ1v) is 8.62. The molecule has 6 heteroatoms. The third-order valence-electron chi connectivity index (χ3n) is 4.75. The van der Waals surface area contributed by atoms with Gasteiger partial charge in [0.15, 0.2) is 0 Å². The van der Waals surface area contributed by atoms with Crippen molar-refractivity contribution in [3.63, 3.8) is 0 Å². The molecule has 2 N–H and O–H groups in total. The maximum Gasteiger partial charge on any atom is 0.326 e. The average molecular weight is 324 g/mol. The zero-order valence-corrected chi connectivity index (χ0v) is 13.7. The van der Waals surface area contributed by atoms with Crippen LogP contribution in [-0.4, -0.2) is 53.8 Å². The summed E-state index contributed by atoms with van der Waals surface area (Å²) in [6, 6.07) is -1.04. The Bertz CT molecular complexity index is 421. The minimum atomic E-state index is -0.929. The molecule has 1 heterocycles. The number of unbranched alkanes of at least 4 members (excludes halogenated alkanes) is 1. The Hall–Kier alpha value is -1.56. The monoisotopic (exact) mass is 324 g/mol. The number of ether oxygens (including phenoxy) is 1. The van der Waals surface area contributed by atoms with Crippen molar-refractivity contribution in [2.24, 2.45) is 5.92 Å². The Balaban J connectivity index is 1.76. The second-order valence-electron chi connectivity index (χ2n) is 6.47. The van der Waals surface area contributed by atoms with E-state index in [0.717, 1.165) is 44.9 Å². The van der Waals surface area contributed by atoms with Crippen LogP contribution in [0.2, 0.25) is 0 Å². The van der Waals surface area contributed by atoms with Crippen LogP contribution in [0, 0.1) is 5.92 Å². The Morgan fingerprint density at radius 2 is 2.09 bits per heavy atom. The van der Waals surface area contributed by atoms with E-state index in [-0.39, 0.29) is 18.1 Å². The van der Waals surface area contributed by atoms with Crippen molar-refractivity contribution in [3.05, 3.63) is 12.7 Å². The van der Waals surface area contributed by atoms with Gasteiger partial charge in [0, 0.05) is 19.7 Å². The van der Waals surface area contributed by atoms with Crippen LogP contribution < -0.4 is 5.32 Å². The van der Waals surface area contributed by atoms with Gasteiger partial charge in [0.1, 0.15) is 6.04 Å². The molecular weight excluding hydrogens is 296 g/mol. The van der Waals surface area contributed by atoms with Crippen LogP contribution in [0.25, 0.3) is 0 Å². The van der Waals surface area contributed by atoms with Crippen LogP contribution in [0.4, 0.5) is 4.79 Å². The molecule has 0 bridgehead atoms. The topological polar surface area (TPSA) is 78.9 Å². The number of carboxylic acid groups (broad SMARTS) is 1. The number of nitrogens with zero attached hydrogens (tertiary/aromatic N) is 1. The first-order valence-electron chi connectivity index (χ1n) is 8.62. The molecule has 1 saturated carbocycles. The number of carboxylic acids is 1. The number of carbonyl (C=O) groups is 2. The van der Waals surface area contributed by atoms with Crippen molar-refractivity contribution < 1.29 is 19.4 Å². The van der Waals surface area contributed by atoms with Crippen molar-refractivity contribution >= 4 is 12.0 Å². The molecule has 2 aliphatic rings. The van der Waals surface area contributed by atoms with Gasteiger partial charge in [-0.3, -0.25) is 0 Å². The summed E-state index contributed by atoms with van der Waals surface area (Å²) in [5.41, 5.74) is 0. The number of urea groups is 1. The lowest BCUT2D eigenvalue weighted by Crippen LogP contribution is -2.50. The zero-order valence-electron chi connectivity index (χ0n) is 13.7. The van der Waals surface area contributed by atoms with Gasteiger partial charge in [-0.15, -0.1) is 6.58 Å². The van der Waals surface area contributed by atoms with E-state index in [4.69, 9.17) is 4.74 Å². The molecular formula is C17H28N2O4. The summed E-state index contributed by atoms with van der Waals surface area (Å²) in [7, 11) is 0. The molecule has 2 atom stereocenters. The molecule has 1 saturated heterocycles. The summed E-state index contributed by atoms with van der Waals surface area (Å²) < 4.78 is 5.75. The van der Waals surface area contributed by atoms with E-state index in [2.05, 4.69) is 11.9 Å². The SMILES string of the molecule is C=CCCCO[C@@H]1CCN(C(=O)N[C@H](C(=O)O)C2CCCC2)C1. The lowest BCUT2D eigenvalue weighted by molar-refractivity contribution is -0.140. The van der Waals surface area contributed by atoms with Gasteiger partial charge in [-0.2, -0.15) is 0 Å². The number of rotatable bonds is 8. The average Bonchev–Trinajstić information content (AvgIpc) is 3.20. The van der Waals surface area contributed by atoms with Crippen LogP contribution in [0.1, 0.15) is 44.9 Å². The molecule has 2 fully saturated rings. The summed E-state index contributed by atoms with van der Waals surface area (Å²) in [6.45, 7) is 5.51. The fraction of sp³-hybridized carbons (Fsp3) is 0.765. The van der Waals surface area contributed by atoms with Gasteiger partial charge in [-0.25, -0.2) is 9.59 Å². The van der Waals surface area contributed by atoms with Gasteiger partial charge < -0.3 is 20.1 Å². The third-order valence-corrected chi connectivity index (χ3v) is 4.75. The van der Waals surface area contributed by atoms with E-state index in [1.54, 1.807) is 4.90 Å². The van der Waals surface area contributed by atoms with Crippen molar-refractivity contribution in [2.45, 2.75) is 57.1 Å². The number of aliphatic carboxylic acids is 1. The molecule has 0 aromatic carbocycles. The minimum Gasteiger partial charge on any atom is -0.480 e. The Morgan fingerprint density at radius 3 is 2.74 bits per heavy atom. The minimum absolute atomic E-state index is 0.0559. The molecule has 0 aromatic heterocycles. The maximum atomic E-state index is 12.3. The predicted molar refractivity (Wildman–Crippen MR) is 87.3 cm³/mol. The number of carbonyl (C=O) groups excluding carboxylic acids is 1. The van der Waals surface area contributed by atoms with E-state index in [1.807, 2.05) is 6.08 Å². The van der Waals surface area contributed by atoms with Crippen LogP contribution in [-0.2, 0) is 9.53 Å². The number of hydrogen-bond donors (Lipinski definition) is 2. The molecule has 6 nitrogen and oxygen atoms in total. The fourth-order valence-electron chi connectivity index (χ4n) is 3.42. The fourth-order valence-corrected chi connectivity index (χ4v) is 3.42. The first kappa shape index (κ1) is 17.8. The van der Waals surface area contributed by atoms with Crippen molar-refractivity contribution in [2.75, 3.05) is 19.7 Å². The number of amides is 2. The predicted octanol–water partition coefficient (Wildman–Crippen LogP) is 2.40. The van der Waals surface area contributed by atoms with Gasteiger partial charge in [-0.1, -0.05) is 18.9 Å². The third kappa shape index (κ3) is 5.23. The van der Waals surface area contributed by atoms with Crippen molar-refractivity contribution in [1.82, 2.24) is 10.2 Å². The normalized spacial score (nSPS) is 23.0. The molecule has 23 heavy (non-hydrogen) atoms. The second kappa shape index (κ2) is 8.91. The standard InChI is InChI=1S/C17H28N2O4/c1-2-3-6-11-23-14-9-10-19(12-14)17(22)18-15(16(20)21)13-7-4-5-8-13/h2,13-15H,1,3-12H2,(H,18,22)(H,20,21)/t14-,15+/m1/s1. The highest BCUT2D eigenvalue weighted by atomic mass is 16.5. The summed E-state index contributed by atoms with van der Waals surface area (Å²) in [5.74, 6) is -0.869. The second-order valence-corrected chi connectivity index (χ2v) is 6.47. The van der Waals surface area contributed by atoms with E-state index in [0.29, 0.717) is 19.7 Å². The van der Waals surface area contributed by atoms with Crippen LogP contribution in [0.15, 0.2) is 12.7 Å². The Kier molecular flexibility index (Phi) is 6.89. The molecule has 0 aromatic rings. The van der Waals surface area contributed by atoms with E-state index >= 15 is 0 Å². The summed E-state index contributed by atoms with van der Waals surface area (Å²) in [4.78, 5) is 25.4. The molecule has 0 radical (unpaired) electrons. The van der Waals surface area contributed by atoms with Gasteiger partial charge in [0.25, 0.3) is 0 Å². The molecule has 2 amide bonds.